The standard InChI is InChI=1S/C17H17ClO/c1-10-8-14-15(17(14,2)3)13(16(10)19)9-11-4-6-12(18)7-5-11/h4-9,14-15H,1-3H3/b13-9+/t14-,15-/m1/s1. The molecule has 0 aliphatic heterocycles. The van der Waals surface area contributed by atoms with Gasteiger partial charge in [0.1, 0.15) is 0 Å². The number of carbonyl (C=O) groups excluding carboxylic acids is 1. The van der Waals surface area contributed by atoms with Crippen LogP contribution in [0.5, 0.6) is 0 Å². The molecule has 1 aromatic carbocycles. The predicted octanol–water partition coefficient (Wildman–Crippen LogP) is 4.52. The molecular formula is C17H17ClO. The van der Waals surface area contributed by atoms with Crippen LogP contribution >= 0.6 is 11.6 Å². The summed E-state index contributed by atoms with van der Waals surface area (Å²) in [6.07, 6.45) is 4.17. The van der Waals surface area contributed by atoms with E-state index < -0.39 is 0 Å². The van der Waals surface area contributed by atoms with Crippen LogP contribution in [0.4, 0.5) is 0 Å². The van der Waals surface area contributed by atoms with Gasteiger partial charge in [-0.2, -0.15) is 0 Å². The summed E-state index contributed by atoms with van der Waals surface area (Å²) in [5.74, 6) is 1.09. The molecule has 98 valence electrons. The summed E-state index contributed by atoms with van der Waals surface area (Å²) >= 11 is 5.89. The fourth-order valence-electron chi connectivity index (χ4n) is 3.19. The molecule has 0 spiro atoms. The van der Waals surface area contributed by atoms with Crippen molar-refractivity contribution >= 4 is 23.5 Å². The molecule has 1 aromatic rings. The number of fused-ring (bicyclic) bond motifs is 1. The van der Waals surface area contributed by atoms with Gasteiger partial charge in [-0.1, -0.05) is 43.7 Å². The number of halogens is 1. The molecule has 3 rings (SSSR count). The number of rotatable bonds is 1. The van der Waals surface area contributed by atoms with E-state index in [1.165, 1.54) is 0 Å². The van der Waals surface area contributed by atoms with E-state index in [9.17, 15) is 4.79 Å². The summed E-state index contributed by atoms with van der Waals surface area (Å²) in [6.45, 7) is 6.39. The van der Waals surface area contributed by atoms with Gasteiger partial charge in [0.25, 0.3) is 0 Å². The number of allylic oxidation sites excluding steroid dienone is 3. The highest BCUT2D eigenvalue weighted by molar-refractivity contribution is 6.30. The quantitative estimate of drug-likeness (QED) is 0.687. The van der Waals surface area contributed by atoms with Crippen LogP contribution < -0.4 is 0 Å². The maximum atomic E-state index is 12.4. The van der Waals surface area contributed by atoms with Gasteiger partial charge in [0, 0.05) is 16.5 Å². The Morgan fingerprint density at radius 2 is 1.84 bits per heavy atom. The first-order chi connectivity index (χ1) is 8.91. The minimum absolute atomic E-state index is 0.196. The zero-order valence-corrected chi connectivity index (χ0v) is 12.2. The van der Waals surface area contributed by atoms with E-state index in [4.69, 9.17) is 11.6 Å². The first-order valence-electron chi connectivity index (χ1n) is 6.61. The molecule has 0 radical (unpaired) electrons. The minimum atomic E-state index is 0.196. The lowest BCUT2D eigenvalue weighted by atomic mass is 9.91. The van der Waals surface area contributed by atoms with Crippen LogP contribution in [0, 0.1) is 17.3 Å². The third-order valence-corrected chi connectivity index (χ3v) is 4.74. The number of benzene rings is 1. The Morgan fingerprint density at radius 3 is 2.47 bits per heavy atom. The van der Waals surface area contributed by atoms with Crippen molar-refractivity contribution in [3.8, 4) is 0 Å². The van der Waals surface area contributed by atoms with Gasteiger partial charge in [0.2, 0.25) is 0 Å². The Hall–Kier alpha value is -1.34. The lowest BCUT2D eigenvalue weighted by molar-refractivity contribution is -0.112. The van der Waals surface area contributed by atoms with Crippen LogP contribution in [-0.2, 0) is 4.79 Å². The highest BCUT2D eigenvalue weighted by Gasteiger charge is 2.60. The first kappa shape index (κ1) is 12.7. The lowest BCUT2D eigenvalue weighted by Gasteiger charge is -2.11. The molecule has 0 heterocycles. The summed E-state index contributed by atoms with van der Waals surface area (Å²) in [4.78, 5) is 12.4. The number of hydrogen-bond acceptors (Lipinski definition) is 1. The third-order valence-electron chi connectivity index (χ3n) is 4.49. The van der Waals surface area contributed by atoms with Gasteiger partial charge in [-0.3, -0.25) is 4.79 Å². The highest BCUT2D eigenvalue weighted by atomic mass is 35.5. The van der Waals surface area contributed by atoms with Gasteiger partial charge in [0.15, 0.2) is 5.78 Å². The smallest absolute Gasteiger partial charge is 0.184 e. The summed E-state index contributed by atoms with van der Waals surface area (Å²) in [6, 6.07) is 7.64. The predicted molar refractivity (Wildman–Crippen MR) is 79.0 cm³/mol. The molecule has 2 atom stereocenters. The topological polar surface area (TPSA) is 17.1 Å². The van der Waals surface area contributed by atoms with Crippen molar-refractivity contribution in [2.45, 2.75) is 20.8 Å². The van der Waals surface area contributed by atoms with Gasteiger partial charge in [-0.15, -0.1) is 0 Å². The minimum Gasteiger partial charge on any atom is -0.289 e. The molecule has 2 heteroatoms. The van der Waals surface area contributed by atoms with Crippen molar-refractivity contribution in [1.82, 2.24) is 0 Å². The summed E-state index contributed by atoms with van der Waals surface area (Å²) in [5, 5.41) is 0.720. The molecule has 1 nitrogen and oxygen atoms in total. The molecule has 19 heavy (non-hydrogen) atoms. The van der Waals surface area contributed by atoms with E-state index in [1.54, 1.807) is 0 Å². The van der Waals surface area contributed by atoms with Crippen molar-refractivity contribution in [2.75, 3.05) is 0 Å². The highest BCUT2D eigenvalue weighted by Crippen LogP contribution is 2.65. The Kier molecular flexibility index (Phi) is 2.72. The molecule has 0 N–H and O–H groups in total. The number of Topliss-reactive ketones (excluding diaryl/α,β-unsaturated/α-hetero) is 1. The number of hydrogen-bond donors (Lipinski definition) is 0. The van der Waals surface area contributed by atoms with Crippen molar-refractivity contribution in [1.29, 1.82) is 0 Å². The van der Waals surface area contributed by atoms with Gasteiger partial charge in [0.05, 0.1) is 0 Å². The largest absolute Gasteiger partial charge is 0.289 e. The fourth-order valence-corrected chi connectivity index (χ4v) is 3.32. The van der Waals surface area contributed by atoms with Crippen LogP contribution in [0.2, 0.25) is 5.02 Å². The van der Waals surface area contributed by atoms with E-state index in [-0.39, 0.29) is 11.2 Å². The number of carbonyl (C=O) groups is 1. The Labute approximate surface area is 119 Å². The summed E-state index contributed by atoms with van der Waals surface area (Å²) in [7, 11) is 0. The zero-order valence-electron chi connectivity index (χ0n) is 11.4. The second kappa shape index (κ2) is 4.08. The second-order valence-corrected chi connectivity index (χ2v) is 6.59. The van der Waals surface area contributed by atoms with Crippen LogP contribution in [0.15, 0.2) is 41.5 Å². The normalized spacial score (nSPS) is 30.0. The van der Waals surface area contributed by atoms with Crippen molar-refractivity contribution in [3.05, 3.63) is 52.1 Å². The van der Waals surface area contributed by atoms with Crippen molar-refractivity contribution in [3.63, 3.8) is 0 Å². The van der Waals surface area contributed by atoms with Gasteiger partial charge in [-0.05, 0) is 47.6 Å². The van der Waals surface area contributed by atoms with Crippen LogP contribution in [0.3, 0.4) is 0 Å². The van der Waals surface area contributed by atoms with E-state index in [0.717, 1.165) is 21.7 Å². The molecule has 0 aromatic heterocycles. The van der Waals surface area contributed by atoms with E-state index in [1.807, 2.05) is 37.3 Å². The maximum absolute atomic E-state index is 12.4. The Balaban J connectivity index is 2.02. The molecular weight excluding hydrogens is 256 g/mol. The van der Waals surface area contributed by atoms with E-state index in [2.05, 4.69) is 19.9 Å². The molecule has 0 unspecified atom stereocenters. The Morgan fingerprint density at radius 1 is 1.21 bits per heavy atom. The molecule has 1 saturated carbocycles. The van der Waals surface area contributed by atoms with Crippen LogP contribution in [0.25, 0.3) is 6.08 Å². The van der Waals surface area contributed by atoms with Gasteiger partial charge < -0.3 is 0 Å². The molecule has 0 bridgehead atoms. The maximum Gasteiger partial charge on any atom is 0.184 e. The van der Waals surface area contributed by atoms with Crippen molar-refractivity contribution < 1.29 is 4.79 Å². The lowest BCUT2D eigenvalue weighted by Crippen LogP contribution is -2.11. The third kappa shape index (κ3) is 1.97. The number of ketones is 1. The average molecular weight is 273 g/mol. The SMILES string of the molecule is CC1=C[C@@H]2[C@@H](/C(=C\c3ccc(Cl)cc3)C1=O)C2(C)C. The van der Waals surface area contributed by atoms with Crippen LogP contribution in [-0.4, -0.2) is 5.78 Å². The molecule has 2 aliphatic rings. The summed E-state index contributed by atoms with van der Waals surface area (Å²) in [5.41, 5.74) is 3.10. The molecule has 2 aliphatic carbocycles. The van der Waals surface area contributed by atoms with Crippen molar-refractivity contribution in [2.24, 2.45) is 17.3 Å². The van der Waals surface area contributed by atoms with E-state index in [0.29, 0.717) is 11.8 Å². The zero-order chi connectivity index (χ0) is 13.8. The fraction of sp³-hybridized carbons (Fsp3) is 0.353. The average Bonchev–Trinajstić information content (AvgIpc) is 2.89. The monoisotopic (exact) mass is 272 g/mol. The molecule has 1 fully saturated rings. The first-order valence-corrected chi connectivity index (χ1v) is 6.99. The van der Waals surface area contributed by atoms with E-state index >= 15 is 0 Å². The molecule has 0 saturated heterocycles. The second-order valence-electron chi connectivity index (χ2n) is 6.15. The summed E-state index contributed by atoms with van der Waals surface area (Å²) < 4.78 is 0. The Bertz CT molecular complexity index is 605. The van der Waals surface area contributed by atoms with Gasteiger partial charge >= 0.3 is 0 Å². The molecule has 0 amide bonds. The van der Waals surface area contributed by atoms with Crippen LogP contribution in [0.1, 0.15) is 26.3 Å². The van der Waals surface area contributed by atoms with Gasteiger partial charge in [-0.25, -0.2) is 0 Å².